The molecule has 0 fully saturated rings. The number of hydrogen-bond donors (Lipinski definition) is 2. The number of aryl methyl sites for hydroxylation is 3. The predicted octanol–water partition coefficient (Wildman–Crippen LogP) is 3.03. The van der Waals surface area contributed by atoms with Crippen molar-refractivity contribution in [1.82, 2.24) is 20.2 Å². The fourth-order valence-corrected chi connectivity index (χ4v) is 4.33. The minimum Gasteiger partial charge on any atom is -0.355 e. The van der Waals surface area contributed by atoms with Crippen LogP contribution in [-0.2, 0) is 21.2 Å². The highest BCUT2D eigenvalue weighted by Gasteiger charge is 2.16. The molecule has 0 aliphatic carbocycles. The molecule has 0 spiro atoms. The highest BCUT2D eigenvalue weighted by molar-refractivity contribution is 7.89. The Morgan fingerprint density at radius 3 is 2.58 bits per heavy atom. The van der Waals surface area contributed by atoms with E-state index >= 15 is 0 Å². The van der Waals surface area contributed by atoms with Gasteiger partial charge in [-0.1, -0.05) is 28.9 Å². The predicted molar refractivity (Wildman–Crippen MR) is 117 cm³/mol. The molecule has 164 valence electrons. The highest BCUT2D eigenvalue weighted by atomic mass is 35.5. The zero-order valence-electron chi connectivity index (χ0n) is 17.2. The van der Waals surface area contributed by atoms with Crippen molar-refractivity contribution in [3.05, 3.63) is 64.5 Å². The molecule has 1 amide bonds. The fraction of sp³-hybridized carbons (Fsp3) is 0.286. The number of nitrogens with one attached hydrogen (secondary N) is 2. The van der Waals surface area contributed by atoms with Gasteiger partial charge in [-0.05, 0) is 55.3 Å². The van der Waals surface area contributed by atoms with Gasteiger partial charge in [-0.2, -0.15) is 4.98 Å². The van der Waals surface area contributed by atoms with Gasteiger partial charge in [0.1, 0.15) is 0 Å². The number of carbonyl (C=O) groups is 1. The van der Waals surface area contributed by atoms with Crippen LogP contribution in [0.4, 0.5) is 0 Å². The smallest absolute Gasteiger partial charge is 0.240 e. The summed E-state index contributed by atoms with van der Waals surface area (Å²) in [6.07, 6.45) is 0.423. The standard InChI is InChI=1S/C21H23ClN4O4S/c1-14-3-4-15(2)18(13-14)31(28,29)24-12-11-23-19(27)9-10-20-25-21(26-30-20)16-5-7-17(22)8-6-16/h3-8,13,24H,9-12H2,1-2H3,(H,23,27). The number of sulfonamides is 1. The molecule has 0 aliphatic rings. The lowest BCUT2D eigenvalue weighted by Gasteiger charge is -2.10. The molecule has 1 aromatic heterocycles. The minimum absolute atomic E-state index is 0.0860. The number of carbonyl (C=O) groups excluding carboxylic acids is 1. The maximum absolute atomic E-state index is 12.4. The second-order valence-corrected chi connectivity index (χ2v) is 9.21. The average Bonchev–Trinajstić information content (AvgIpc) is 3.21. The van der Waals surface area contributed by atoms with E-state index in [0.717, 1.165) is 11.1 Å². The van der Waals surface area contributed by atoms with Gasteiger partial charge in [0.2, 0.25) is 27.6 Å². The third-order valence-corrected chi connectivity index (χ3v) is 6.36. The number of nitrogens with zero attached hydrogens (tertiary/aromatic N) is 2. The van der Waals surface area contributed by atoms with Crippen LogP contribution >= 0.6 is 11.6 Å². The van der Waals surface area contributed by atoms with E-state index in [2.05, 4.69) is 20.2 Å². The first-order valence-electron chi connectivity index (χ1n) is 9.67. The summed E-state index contributed by atoms with van der Waals surface area (Å²) in [5.41, 5.74) is 2.29. The monoisotopic (exact) mass is 462 g/mol. The van der Waals surface area contributed by atoms with E-state index in [4.69, 9.17) is 16.1 Å². The molecule has 0 aliphatic heterocycles. The van der Waals surface area contributed by atoms with Crippen molar-refractivity contribution < 1.29 is 17.7 Å². The molecule has 31 heavy (non-hydrogen) atoms. The number of aromatic nitrogens is 2. The van der Waals surface area contributed by atoms with Gasteiger partial charge in [-0.3, -0.25) is 4.79 Å². The fourth-order valence-electron chi connectivity index (χ4n) is 2.84. The molecule has 0 radical (unpaired) electrons. The summed E-state index contributed by atoms with van der Waals surface area (Å²) in [5, 5.41) is 7.19. The molecule has 10 heteroatoms. The van der Waals surface area contributed by atoms with E-state index in [1.54, 1.807) is 43.3 Å². The van der Waals surface area contributed by atoms with Gasteiger partial charge in [-0.25, -0.2) is 13.1 Å². The SMILES string of the molecule is Cc1ccc(C)c(S(=O)(=O)NCCNC(=O)CCc2nc(-c3ccc(Cl)cc3)no2)c1. The Morgan fingerprint density at radius 1 is 1.10 bits per heavy atom. The summed E-state index contributed by atoms with van der Waals surface area (Å²) < 4.78 is 32.6. The molecule has 1 heterocycles. The topological polar surface area (TPSA) is 114 Å². The molecule has 8 nitrogen and oxygen atoms in total. The Hall–Kier alpha value is -2.75. The summed E-state index contributed by atoms with van der Waals surface area (Å²) in [5.74, 6) is 0.529. The zero-order chi connectivity index (χ0) is 22.4. The minimum atomic E-state index is -3.64. The lowest BCUT2D eigenvalue weighted by molar-refractivity contribution is -0.121. The number of rotatable bonds is 9. The lowest BCUT2D eigenvalue weighted by atomic mass is 10.2. The van der Waals surface area contributed by atoms with E-state index in [1.807, 2.05) is 13.0 Å². The van der Waals surface area contributed by atoms with Crippen LogP contribution in [0.1, 0.15) is 23.4 Å². The molecule has 0 saturated heterocycles. The number of halogens is 1. The first-order valence-corrected chi connectivity index (χ1v) is 11.5. The molecule has 2 aromatic carbocycles. The van der Waals surface area contributed by atoms with E-state index in [1.165, 1.54) is 0 Å². The first kappa shape index (κ1) is 22.9. The van der Waals surface area contributed by atoms with Gasteiger partial charge in [0, 0.05) is 36.5 Å². The van der Waals surface area contributed by atoms with Gasteiger partial charge in [0.15, 0.2) is 0 Å². The van der Waals surface area contributed by atoms with Gasteiger partial charge in [0.25, 0.3) is 0 Å². The first-order chi connectivity index (χ1) is 14.7. The van der Waals surface area contributed by atoms with Crippen molar-refractivity contribution in [2.24, 2.45) is 0 Å². The number of amides is 1. The summed E-state index contributed by atoms with van der Waals surface area (Å²) in [4.78, 5) is 16.5. The van der Waals surface area contributed by atoms with Crippen LogP contribution in [0.15, 0.2) is 51.9 Å². The van der Waals surface area contributed by atoms with Crippen LogP contribution in [0.3, 0.4) is 0 Å². The quantitative estimate of drug-likeness (QED) is 0.472. The third-order valence-electron chi connectivity index (χ3n) is 4.51. The van der Waals surface area contributed by atoms with Crippen molar-refractivity contribution in [1.29, 1.82) is 0 Å². The van der Waals surface area contributed by atoms with Crippen LogP contribution in [0, 0.1) is 13.8 Å². The molecule has 0 unspecified atom stereocenters. The van der Waals surface area contributed by atoms with Gasteiger partial charge in [-0.15, -0.1) is 0 Å². The maximum Gasteiger partial charge on any atom is 0.240 e. The third kappa shape index (κ3) is 6.36. The van der Waals surface area contributed by atoms with Crippen LogP contribution in [0.25, 0.3) is 11.4 Å². The molecule has 0 bridgehead atoms. The van der Waals surface area contributed by atoms with Gasteiger partial charge >= 0.3 is 0 Å². The largest absolute Gasteiger partial charge is 0.355 e. The number of benzene rings is 2. The second-order valence-electron chi connectivity index (χ2n) is 7.04. The summed E-state index contributed by atoms with van der Waals surface area (Å²) >= 11 is 5.86. The molecule has 3 rings (SSSR count). The van der Waals surface area contributed by atoms with E-state index < -0.39 is 10.0 Å². The molecule has 0 saturated carbocycles. The Bertz CT molecular complexity index is 1160. The van der Waals surface area contributed by atoms with Gasteiger partial charge < -0.3 is 9.84 Å². The Kier molecular flexibility index (Phi) is 7.42. The Balaban J connectivity index is 1.43. The summed E-state index contributed by atoms with van der Waals surface area (Å²) in [7, 11) is -3.64. The summed E-state index contributed by atoms with van der Waals surface area (Å²) in [6.45, 7) is 3.83. The Labute approximate surface area is 186 Å². The van der Waals surface area contributed by atoms with Crippen molar-refractivity contribution in [2.45, 2.75) is 31.6 Å². The Morgan fingerprint density at radius 2 is 1.84 bits per heavy atom. The maximum atomic E-state index is 12.4. The highest BCUT2D eigenvalue weighted by Crippen LogP contribution is 2.19. The molecular weight excluding hydrogens is 440 g/mol. The normalized spacial score (nSPS) is 11.5. The molecular formula is C21H23ClN4O4S. The van der Waals surface area contributed by atoms with E-state index in [9.17, 15) is 13.2 Å². The zero-order valence-corrected chi connectivity index (χ0v) is 18.8. The van der Waals surface area contributed by atoms with Crippen LogP contribution < -0.4 is 10.0 Å². The van der Waals surface area contributed by atoms with Crippen molar-refractivity contribution >= 4 is 27.5 Å². The second kappa shape index (κ2) is 10.0. The van der Waals surface area contributed by atoms with Crippen molar-refractivity contribution in [2.75, 3.05) is 13.1 Å². The summed E-state index contributed by atoms with van der Waals surface area (Å²) in [6, 6.07) is 12.3. The lowest BCUT2D eigenvalue weighted by Crippen LogP contribution is -2.35. The van der Waals surface area contributed by atoms with Crippen LogP contribution in [0.2, 0.25) is 5.02 Å². The van der Waals surface area contributed by atoms with E-state index in [0.29, 0.717) is 22.3 Å². The molecule has 0 atom stereocenters. The molecule has 2 N–H and O–H groups in total. The van der Waals surface area contributed by atoms with Crippen molar-refractivity contribution in [3.63, 3.8) is 0 Å². The number of hydrogen-bond acceptors (Lipinski definition) is 6. The van der Waals surface area contributed by atoms with Crippen molar-refractivity contribution in [3.8, 4) is 11.4 Å². The molecule has 3 aromatic rings. The van der Waals surface area contributed by atoms with E-state index in [-0.39, 0.29) is 36.7 Å². The van der Waals surface area contributed by atoms with Gasteiger partial charge in [0.05, 0.1) is 4.90 Å². The van der Waals surface area contributed by atoms with Crippen LogP contribution in [-0.4, -0.2) is 37.6 Å². The average molecular weight is 463 g/mol. The van der Waals surface area contributed by atoms with Crippen LogP contribution in [0.5, 0.6) is 0 Å².